The summed E-state index contributed by atoms with van der Waals surface area (Å²) in [5.41, 5.74) is 1.37. The van der Waals surface area contributed by atoms with E-state index in [0.29, 0.717) is 50.0 Å². The monoisotopic (exact) mass is 532 g/mol. The molecule has 33 heavy (non-hydrogen) atoms. The maximum atomic E-state index is 13.3. The van der Waals surface area contributed by atoms with Gasteiger partial charge < -0.3 is 18.9 Å². The van der Waals surface area contributed by atoms with E-state index in [4.69, 9.17) is 9.47 Å². The first-order valence-electron chi connectivity index (χ1n) is 9.92. The van der Waals surface area contributed by atoms with Crippen molar-refractivity contribution < 1.29 is 37.3 Å². The van der Waals surface area contributed by atoms with Crippen LogP contribution in [-0.2, 0) is 31.8 Å². The molecule has 0 saturated heterocycles. The van der Waals surface area contributed by atoms with Crippen molar-refractivity contribution in [3.05, 3.63) is 57.1 Å². The maximum absolute atomic E-state index is 13.3. The number of ether oxygens (including phenoxy) is 4. The van der Waals surface area contributed by atoms with Gasteiger partial charge in [0.15, 0.2) is 17.2 Å². The first kappa shape index (κ1) is 28.5. The van der Waals surface area contributed by atoms with Gasteiger partial charge in [0.2, 0.25) is 0 Å². The fourth-order valence-corrected chi connectivity index (χ4v) is 3.03. The Hall–Kier alpha value is -2.50. The molecule has 2 aromatic rings. The zero-order chi connectivity index (χ0) is 24.8. The van der Waals surface area contributed by atoms with Crippen LogP contribution in [0.2, 0.25) is 0 Å². The van der Waals surface area contributed by atoms with Crippen molar-refractivity contribution in [1.29, 1.82) is 0 Å². The van der Waals surface area contributed by atoms with Gasteiger partial charge in [-0.2, -0.15) is 0 Å². The molecular weight excluding hydrogens is 506 g/mol. The van der Waals surface area contributed by atoms with Crippen LogP contribution in [0.15, 0.2) is 22.9 Å². The summed E-state index contributed by atoms with van der Waals surface area (Å²) in [5.74, 6) is -2.07. The van der Waals surface area contributed by atoms with Crippen LogP contribution in [0.3, 0.4) is 0 Å². The summed E-state index contributed by atoms with van der Waals surface area (Å²) >= 11 is 2.94. The predicted octanol–water partition coefficient (Wildman–Crippen LogP) is 3.94. The maximum Gasteiger partial charge on any atom is 0.356 e. The normalized spacial score (nSPS) is 10.3. The number of carbonyl (C=O) groups is 2. The second-order valence-corrected chi connectivity index (χ2v) is 7.36. The van der Waals surface area contributed by atoms with Crippen molar-refractivity contribution in [2.75, 3.05) is 41.7 Å². The Kier molecular flexibility index (Phi) is 13.3. The first-order chi connectivity index (χ1) is 15.8. The number of aryl methyl sites for hydroxylation is 2. The average Bonchev–Trinajstić information content (AvgIpc) is 2.81. The van der Waals surface area contributed by atoms with Crippen LogP contribution in [0, 0.1) is 11.6 Å². The fourth-order valence-electron chi connectivity index (χ4n) is 2.73. The van der Waals surface area contributed by atoms with Crippen molar-refractivity contribution in [3.63, 3.8) is 0 Å². The summed E-state index contributed by atoms with van der Waals surface area (Å²) in [6.07, 6.45) is 3.43. The number of pyridine rings is 2. The Morgan fingerprint density at radius 3 is 1.91 bits per heavy atom. The Labute approximate surface area is 199 Å². The minimum absolute atomic E-state index is 0.00777. The van der Waals surface area contributed by atoms with Crippen LogP contribution < -0.4 is 0 Å². The highest BCUT2D eigenvalue weighted by Gasteiger charge is 2.17. The van der Waals surface area contributed by atoms with Crippen LogP contribution in [-0.4, -0.2) is 63.6 Å². The number of methoxy groups -OCH3 is 4. The third-order valence-electron chi connectivity index (χ3n) is 4.29. The molecule has 0 saturated carbocycles. The summed E-state index contributed by atoms with van der Waals surface area (Å²) in [6.45, 7) is 1.09. The summed E-state index contributed by atoms with van der Waals surface area (Å²) in [6, 6.07) is 2.59. The van der Waals surface area contributed by atoms with E-state index in [1.165, 1.54) is 26.4 Å². The molecule has 182 valence electrons. The highest BCUT2D eigenvalue weighted by atomic mass is 79.9. The average molecular weight is 533 g/mol. The number of nitrogens with zero attached hydrogens (tertiary/aromatic N) is 2. The lowest BCUT2D eigenvalue weighted by molar-refractivity contribution is 0.0583. The van der Waals surface area contributed by atoms with Crippen molar-refractivity contribution in [1.82, 2.24) is 9.97 Å². The highest BCUT2D eigenvalue weighted by Crippen LogP contribution is 2.19. The molecule has 0 unspecified atom stereocenters. The van der Waals surface area contributed by atoms with Gasteiger partial charge in [-0.1, -0.05) is 0 Å². The van der Waals surface area contributed by atoms with Crippen LogP contribution in [0.1, 0.15) is 44.9 Å². The van der Waals surface area contributed by atoms with Crippen molar-refractivity contribution in [3.8, 4) is 0 Å². The van der Waals surface area contributed by atoms with Crippen LogP contribution in [0.25, 0.3) is 0 Å². The molecular formula is C22H27BrF2N2O6. The molecule has 0 radical (unpaired) electrons. The molecule has 0 spiro atoms. The Bertz CT molecular complexity index is 930. The lowest BCUT2D eigenvalue weighted by Gasteiger charge is -2.08. The molecule has 0 aromatic carbocycles. The van der Waals surface area contributed by atoms with Crippen LogP contribution >= 0.6 is 15.9 Å². The van der Waals surface area contributed by atoms with Crippen LogP contribution in [0.5, 0.6) is 0 Å². The van der Waals surface area contributed by atoms with Gasteiger partial charge >= 0.3 is 11.9 Å². The standard InChI is InChI=1S/C11H13BrFNO3.C11H14FNO3/c1-16-5-3-4-7-6-8(13)10(12)14-9(7)11(15)17-2;1-15-5-3-4-8-6-9(12)7-13-10(8)11(14)16-2/h6H,3-5H2,1-2H3;6-7H,3-5H2,1-2H3. The number of rotatable bonds is 10. The molecule has 8 nitrogen and oxygen atoms in total. The topological polar surface area (TPSA) is 96.8 Å². The van der Waals surface area contributed by atoms with E-state index in [9.17, 15) is 18.4 Å². The summed E-state index contributed by atoms with van der Waals surface area (Å²) in [7, 11) is 5.71. The first-order valence-corrected chi connectivity index (χ1v) is 10.7. The number of hydrogen-bond donors (Lipinski definition) is 0. The Morgan fingerprint density at radius 2 is 1.39 bits per heavy atom. The third kappa shape index (κ3) is 9.48. The van der Waals surface area contributed by atoms with Crippen molar-refractivity contribution >= 4 is 27.9 Å². The minimum atomic E-state index is -0.571. The van der Waals surface area contributed by atoms with Gasteiger partial charge in [-0.05, 0) is 64.9 Å². The van der Waals surface area contributed by atoms with E-state index in [1.807, 2.05) is 0 Å². The van der Waals surface area contributed by atoms with Gasteiger partial charge in [0.1, 0.15) is 10.4 Å². The molecule has 0 fully saturated rings. The second-order valence-electron chi connectivity index (χ2n) is 6.61. The molecule has 0 amide bonds. The smallest absolute Gasteiger partial charge is 0.356 e. The number of esters is 2. The second kappa shape index (κ2) is 15.4. The van der Waals surface area contributed by atoms with E-state index in [1.54, 1.807) is 14.2 Å². The number of hydrogen-bond acceptors (Lipinski definition) is 8. The molecule has 0 aliphatic rings. The molecule has 0 N–H and O–H groups in total. The molecule has 0 bridgehead atoms. The summed E-state index contributed by atoms with van der Waals surface area (Å²) in [4.78, 5) is 30.4. The molecule has 11 heteroatoms. The van der Waals surface area contributed by atoms with E-state index in [-0.39, 0.29) is 16.0 Å². The van der Waals surface area contributed by atoms with E-state index in [2.05, 4.69) is 35.4 Å². The van der Waals surface area contributed by atoms with Gasteiger partial charge in [-0.3, -0.25) is 0 Å². The molecule has 0 aliphatic heterocycles. The number of halogens is 3. The quantitative estimate of drug-likeness (QED) is 0.258. The van der Waals surface area contributed by atoms with E-state index >= 15 is 0 Å². The molecule has 0 aliphatic carbocycles. The van der Waals surface area contributed by atoms with Gasteiger partial charge in [0.25, 0.3) is 0 Å². The van der Waals surface area contributed by atoms with E-state index < -0.39 is 23.6 Å². The summed E-state index contributed by atoms with van der Waals surface area (Å²) < 4.78 is 45.3. The number of carbonyl (C=O) groups excluding carboxylic acids is 2. The summed E-state index contributed by atoms with van der Waals surface area (Å²) in [5, 5.41) is 0. The van der Waals surface area contributed by atoms with Crippen LogP contribution in [0.4, 0.5) is 8.78 Å². The molecule has 2 heterocycles. The van der Waals surface area contributed by atoms with Gasteiger partial charge in [-0.15, -0.1) is 0 Å². The van der Waals surface area contributed by atoms with Gasteiger partial charge in [0, 0.05) is 27.4 Å². The Morgan fingerprint density at radius 1 is 0.879 bits per heavy atom. The lowest BCUT2D eigenvalue weighted by atomic mass is 10.1. The highest BCUT2D eigenvalue weighted by molar-refractivity contribution is 9.10. The van der Waals surface area contributed by atoms with Crippen molar-refractivity contribution in [2.45, 2.75) is 25.7 Å². The minimum Gasteiger partial charge on any atom is -0.464 e. The molecule has 2 aromatic heterocycles. The molecule has 2 rings (SSSR count). The lowest BCUT2D eigenvalue weighted by Crippen LogP contribution is -2.10. The predicted molar refractivity (Wildman–Crippen MR) is 119 cm³/mol. The zero-order valence-electron chi connectivity index (χ0n) is 19.0. The molecule has 0 atom stereocenters. The van der Waals surface area contributed by atoms with Crippen molar-refractivity contribution in [2.24, 2.45) is 0 Å². The third-order valence-corrected chi connectivity index (χ3v) is 4.85. The fraction of sp³-hybridized carbons (Fsp3) is 0.455. The largest absolute Gasteiger partial charge is 0.464 e. The van der Waals surface area contributed by atoms with E-state index in [0.717, 1.165) is 6.20 Å². The number of aromatic nitrogens is 2. The van der Waals surface area contributed by atoms with Gasteiger partial charge in [-0.25, -0.2) is 28.3 Å². The SMILES string of the molecule is COCCCc1cc(F)c(Br)nc1C(=O)OC.COCCCc1cc(F)cnc1C(=O)OC. The van der Waals surface area contributed by atoms with Gasteiger partial charge in [0.05, 0.1) is 20.4 Å². The Balaban J connectivity index is 0.000000331. The zero-order valence-corrected chi connectivity index (χ0v) is 20.5.